The third-order valence-corrected chi connectivity index (χ3v) is 4.31. The van der Waals surface area contributed by atoms with Crippen LogP contribution in [0, 0.1) is 5.92 Å². The lowest BCUT2D eigenvalue weighted by atomic mass is 10.0. The van der Waals surface area contributed by atoms with E-state index in [1.54, 1.807) is 23.3 Å². The highest BCUT2D eigenvalue weighted by molar-refractivity contribution is 7.99. The highest BCUT2D eigenvalue weighted by Crippen LogP contribution is 2.22. The Balaban J connectivity index is 1.69. The van der Waals surface area contributed by atoms with E-state index >= 15 is 0 Å². The molecule has 0 saturated carbocycles. The van der Waals surface area contributed by atoms with E-state index in [2.05, 4.69) is 25.3 Å². The van der Waals surface area contributed by atoms with Crippen LogP contribution in [0.2, 0.25) is 0 Å². The molecular formula is C12H17N7S. The van der Waals surface area contributed by atoms with Gasteiger partial charge in [-0.2, -0.15) is 26.7 Å². The fourth-order valence-electron chi connectivity index (χ4n) is 2.14. The first-order chi connectivity index (χ1) is 9.81. The molecule has 7 nitrogen and oxygen atoms in total. The zero-order valence-electron chi connectivity index (χ0n) is 11.1. The van der Waals surface area contributed by atoms with Gasteiger partial charge in [0.05, 0.1) is 0 Å². The molecule has 2 aromatic heterocycles. The summed E-state index contributed by atoms with van der Waals surface area (Å²) in [6.07, 6.45) is 7.57. The second-order valence-corrected chi connectivity index (χ2v) is 5.95. The predicted octanol–water partition coefficient (Wildman–Crippen LogP) is 1.19. The Morgan fingerprint density at radius 3 is 2.90 bits per heavy atom. The van der Waals surface area contributed by atoms with Gasteiger partial charge >= 0.3 is 0 Å². The van der Waals surface area contributed by atoms with Gasteiger partial charge in [-0.1, -0.05) is 0 Å². The first-order valence-electron chi connectivity index (χ1n) is 6.63. The Bertz CT molecular complexity index is 551. The summed E-state index contributed by atoms with van der Waals surface area (Å²) in [5.74, 6) is 4.39. The number of nitrogens with one attached hydrogen (secondary N) is 1. The number of aromatic nitrogens is 5. The maximum atomic E-state index is 5.73. The smallest absolute Gasteiger partial charge is 0.241 e. The number of imidazole rings is 1. The minimum Gasteiger partial charge on any atom is -0.368 e. The molecule has 0 bridgehead atoms. The van der Waals surface area contributed by atoms with Crippen LogP contribution in [0.25, 0.3) is 5.95 Å². The van der Waals surface area contributed by atoms with Crippen LogP contribution in [0.15, 0.2) is 18.7 Å². The lowest BCUT2D eigenvalue weighted by molar-refractivity contribution is 0.514. The van der Waals surface area contributed by atoms with Crippen LogP contribution in [0.5, 0.6) is 0 Å². The summed E-state index contributed by atoms with van der Waals surface area (Å²) >= 11 is 2.02. The average molecular weight is 291 g/mol. The molecule has 1 aliphatic heterocycles. The lowest BCUT2D eigenvalue weighted by Gasteiger charge is -2.21. The van der Waals surface area contributed by atoms with E-state index in [1.165, 1.54) is 24.3 Å². The molecule has 20 heavy (non-hydrogen) atoms. The van der Waals surface area contributed by atoms with Gasteiger partial charge in [-0.15, -0.1) is 0 Å². The molecule has 3 heterocycles. The zero-order valence-corrected chi connectivity index (χ0v) is 11.9. The van der Waals surface area contributed by atoms with Crippen molar-refractivity contribution in [3.63, 3.8) is 0 Å². The summed E-state index contributed by atoms with van der Waals surface area (Å²) in [5, 5.41) is 3.27. The number of hydrogen-bond donors (Lipinski definition) is 2. The number of hydrogen-bond acceptors (Lipinski definition) is 7. The first kappa shape index (κ1) is 13.2. The highest BCUT2D eigenvalue weighted by Gasteiger charge is 2.14. The second kappa shape index (κ2) is 6.08. The molecule has 3 N–H and O–H groups in total. The van der Waals surface area contributed by atoms with Crippen molar-refractivity contribution in [1.82, 2.24) is 24.5 Å². The van der Waals surface area contributed by atoms with Gasteiger partial charge in [0, 0.05) is 18.9 Å². The SMILES string of the molecule is Nc1nc(NCC2CCSCC2)nc(-n2ccnc2)n1. The molecule has 0 aromatic carbocycles. The van der Waals surface area contributed by atoms with Gasteiger partial charge in [0.1, 0.15) is 6.33 Å². The van der Waals surface area contributed by atoms with E-state index in [0.29, 0.717) is 17.8 Å². The second-order valence-electron chi connectivity index (χ2n) is 4.72. The van der Waals surface area contributed by atoms with Gasteiger partial charge in [0.25, 0.3) is 0 Å². The van der Waals surface area contributed by atoms with Crippen molar-refractivity contribution in [3.8, 4) is 5.95 Å². The van der Waals surface area contributed by atoms with Crippen LogP contribution in [-0.2, 0) is 0 Å². The monoisotopic (exact) mass is 291 g/mol. The van der Waals surface area contributed by atoms with Crippen molar-refractivity contribution in [3.05, 3.63) is 18.7 Å². The summed E-state index contributed by atoms with van der Waals surface area (Å²) in [6, 6.07) is 0. The third-order valence-electron chi connectivity index (χ3n) is 3.27. The first-order valence-corrected chi connectivity index (χ1v) is 7.78. The van der Waals surface area contributed by atoms with E-state index in [-0.39, 0.29) is 5.95 Å². The summed E-state index contributed by atoms with van der Waals surface area (Å²) in [4.78, 5) is 16.6. The van der Waals surface area contributed by atoms with Gasteiger partial charge < -0.3 is 11.1 Å². The molecule has 1 aliphatic rings. The molecule has 0 radical (unpaired) electrons. The quantitative estimate of drug-likeness (QED) is 0.873. The lowest BCUT2D eigenvalue weighted by Crippen LogP contribution is -2.21. The normalized spacial score (nSPS) is 16.2. The van der Waals surface area contributed by atoms with Gasteiger partial charge in [-0.3, -0.25) is 4.57 Å². The topological polar surface area (TPSA) is 94.5 Å². The summed E-state index contributed by atoms with van der Waals surface area (Å²) in [7, 11) is 0. The largest absolute Gasteiger partial charge is 0.368 e. The van der Waals surface area contributed by atoms with Crippen LogP contribution in [0.4, 0.5) is 11.9 Å². The predicted molar refractivity (Wildman–Crippen MR) is 79.9 cm³/mol. The summed E-state index contributed by atoms with van der Waals surface area (Å²) in [6.45, 7) is 0.882. The fourth-order valence-corrected chi connectivity index (χ4v) is 3.34. The van der Waals surface area contributed by atoms with Crippen LogP contribution in [-0.4, -0.2) is 42.6 Å². The van der Waals surface area contributed by atoms with Crippen molar-refractivity contribution < 1.29 is 0 Å². The molecule has 0 spiro atoms. The molecule has 1 fully saturated rings. The molecule has 106 valence electrons. The molecule has 8 heteroatoms. The number of thioether (sulfide) groups is 1. The Morgan fingerprint density at radius 2 is 2.15 bits per heavy atom. The summed E-state index contributed by atoms with van der Waals surface area (Å²) < 4.78 is 1.71. The standard InChI is InChI=1S/C12H17N7S/c13-10-16-11(15-7-9-1-5-20-6-2-9)18-12(17-10)19-4-3-14-8-19/h3-4,8-9H,1-2,5-7H2,(H3,13,15,16,17,18). The van der Waals surface area contributed by atoms with Crippen molar-refractivity contribution in [2.45, 2.75) is 12.8 Å². The third kappa shape index (κ3) is 3.19. The van der Waals surface area contributed by atoms with E-state index in [0.717, 1.165) is 6.54 Å². The molecule has 0 amide bonds. The minimum absolute atomic E-state index is 0.213. The molecular weight excluding hydrogens is 274 g/mol. The number of nitrogen functional groups attached to an aromatic ring is 1. The van der Waals surface area contributed by atoms with Crippen LogP contribution < -0.4 is 11.1 Å². The number of nitrogens with zero attached hydrogens (tertiary/aromatic N) is 5. The minimum atomic E-state index is 0.213. The van der Waals surface area contributed by atoms with Gasteiger partial charge in [0.2, 0.25) is 17.8 Å². The van der Waals surface area contributed by atoms with Crippen molar-refractivity contribution in [2.24, 2.45) is 5.92 Å². The Labute approximate surface area is 121 Å². The van der Waals surface area contributed by atoms with Crippen LogP contribution in [0.1, 0.15) is 12.8 Å². The van der Waals surface area contributed by atoms with Crippen molar-refractivity contribution >= 4 is 23.7 Å². The fraction of sp³-hybridized carbons (Fsp3) is 0.500. The van der Waals surface area contributed by atoms with Gasteiger partial charge in [-0.25, -0.2) is 4.98 Å². The molecule has 3 rings (SSSR count). The van der Waals surface area contributed by atoms with Gasteiger partial charge in [0.15, 0.2) is 0 Å². The number of rotatable bonds is 4. The van der Waals surface area contributed by atoms with E-state index in [4.69, 9.17) is 5.73 Å². The molecule has 0 unspecified atom stereocenters. The molecule has 1 saturated heterocycles. The zero-order chi connectivity index (χ0) is 13.8. The van der Waals surface area contributed by atoms with Crippen molar-refractivity contribution in [1.29, 1.82) is 0 Å². The molecule has 2 aromatic rings. The molecule has 0 atom stereocenters. The average Bonchev–Trinajstić information content (AvgIpc) is 3.00. The van der Waals surface area contributed by atoms with E-state index in [1.807, 2.05) is 11.8 Å². The summed E-state index contributed by atoms with van der Waals surface area (Å²) in [5.41, 5.74) is 5.73. The van der Waals surface area contributed by atoms with Crippen LogP contribution in [0.3, 0.4) is 0 Å². The molecule has 0 aliphatic carbocycles. The Kier molecular flexibility index (Phi) is 4.00. The van der Waals surface area contributed by atoms with Crippen molar-refractivity contribution in [2.75, 3.05) is 29.1 Å². The highest BCUT2D eigenvalue weighted by atomic mass is 32.2. The Hall–Kier alpha value is -1.83. The van der Waals surface area contributed by atoms with Crippen LogP contribution >= 0.6 is 11.8 Å². The maximum Gasteiger partial charge on any atom is 0.241 e. The Morgan fingerprint density at radius 1 is 1.30 bits per heavy atom. The number of anilines is 2. The maximum absolute atomic E-state index is 5.73. The number of nitrogens with two attached hydrogens (primary N) is 1. The van der Waals surface area contributed by atoms with Gasteiger partial charge in [-0.05, 0) is 30.3 Å². The van der Waals surface area contributed by atoms with E-state index in [9.17, 15) is 0 Å². The van der Waals surface area contributed by atoms with E-state index < -0.39 is 0 Å².